The van der Waals surface area contributed by atoms with Crippen LogP contribution in [0.4, 0.5) is 0 Å². The zero-order chi connectivity index (χ0) is 10.9. The highest BCUT2D eigenvalue weighted by molar-refractivity contribution is 5.62. The lowest BCUT2D eigenvalue weighted by atomic mass is 10.1. The first kappa shape index (κ1) is 11.1. The van der Waals surface area contributed by atoms with Gasteiger partial charge < -0.3 is 0 Å². The maximum absolute atomic E-state index is 8.07. The molecule has 1 aromatic carbocycles. The minimum absolute atomic E-state index is 0.492. The Morgan fingerprint density at radius 2 is 2.20 bits per heavy atom. The molecular formula is C12H13N3. The van der Waals surface area contributed by atoms with Crippen LogP contribution in [0.25, 0.3) is 16.0 Å². The minimum Gasteiger partial charge on any atom is -0.121 e. The molecule has 0 bridgehead atoms. The van der Waals surface area contributed by atoms with Crippen LogP contribution in [0.1, 0.15) is 18.9 Å². The second-order valence-electron chi connectivity index (χ2n) is 3.08. The topological polar surface area (TPSA) is 48.8 Å². The highest BCUT2D eigenvalue weighted by atomic mass is 15.1. The van der Waals surface area contributed by atoms with Crippen molar-refractivity contribution in [1.82, 2.24) is 0 Å². The molecule has 0 unspecified atom stereocenters. The van der Waals surface area contributed by atoms with E-state index in [0.717, 1.165) is 17.6 Å². The van der Waals surface area contributed by atoms with E-state index < -0.39 is 0 Å². The number of benzene rings is 1. The summed E-state index contributed by atoms with van der Waals surface area (Å²) in [5.74, 6) is 0. The summed E-state index contributed by atoms with van der Waals surface area (Å²) >= 11 is 0. The SMILES string of the molecule is CC(=C=CCCN=[N+]=[N-])c1ccccc1. The van der Waals surface area contributed by atoms with Crippen LogP contribution in [-0.2, 0) is 0 Å². The van der Waals surface area contributed by atoms with Crippen molar-refractivity contribution in [2.45, 2.75) is 13.3 Å². The van der Waals surface area contributed by atoms with Crippen molar-refractivity contribution in [1.29, 1.82) is 0 Å². The van der Waals surface area contributed by atoms with Crippen LogP contribution < -0.4 is 0 Å². The summed E-state index contributed by atoms with van der Waals surface area (Å²) in [4.78, 5) is 2.68. The smallest absolute Gasteiger partial charge is 0.0298 e. The summed E-state index contributed by atoms with van der Waals surface area (Å²) < 4.78 is 0. The molecule has 1 aromatic rings. The predicted octanol–water partition coefficient (Wildman–Crippen LogP) is 3.95. The largest absolute Gasteiger partial charge is 0.121 e. The van der Waals surface area contributed by atoms with Gasteiger partial charge in [-0.1, -0.05) is 35.4 Å². The van der Waals surface area contributed by atoms with Gasteiger partial charge in [0.25, 0.3) is 0 Å². The van der Waals surface area contributed by atoms with Gasteiger partial charge in [-0.05, 0) is 36.1 Å². The van der Waals surface area contributed by atoms with Crippen molar-refractivity contribution >= 4 is 5.57 Å². The van der Waals surface area contributed by atoms with Crippen molar-refractivity contribution in [3.8, 4) is 0 Å². The Hall–Kier alpha value is -1.95. The minimum atomic E-state index is 0.492. The summed E-state index contributed by atoms with van der Waals surface area (Å²) in [6.07, 6.45) is 2.63. The van der Waals surface area contributed by atoms with Gasteiger partial charge in [-0.25, -0.2) is 0 Å². The Balaban J connectivity index is 2.63. The van der Waals surface area contributed by atoms with Crippen LogP contribution in [0.15, 0.2) is 47.3 Å². The average molecular weight is 199 g/mol. The van der Waals surface area contributed by atoms with Gasteiger partial charge in [-0.3, -0.25) is 0 Å². The molecule has 0 atom stereocenters. The molecule has 0 aromatic heterocycles. The standard InChI is InChI=1S/C12H13N3/c1-11(7-5-6-10-14-15-13)12-8-3-2-4-9-12/h2-5,8-9H,6,10H2,1H3. The van der Waals surface area contributed by atoms with Gasteiger partial charge in [0.15, 0.2) is 0 Å². The predicted molar refractivity (Wildman–Crippen MR) is 62.2 cm³/mol. The number of rotatable bonds is 4. The van der Waals surface area contributed by atoms with E-state index in [-0.39, 0.29) is 0 Å². The van der Waals surface area contributed by atoms with Gasteiger partial charge >= 0.3 is 0 Å². The molecule has 0 fully saturated rings. The van der Waals surface area contributed by atoms with Crippen LogP contribution in [0, 0.1) is 0 Å². The molecule has 0 amide bonds. The third-order valence-corrected chi connectivity index (χ3v) is 1.96. The molecule has 0 spiro atoms. The van der Waals surface area contributed by atoms with Gasteiger partial charge in [0.1, 0.15) is 0 Å². The molecule has 0 saturated heterocycles. The first-order valence-electron chi connectivity index (χ1n) is 4.82. The lowest BCUT2D eigenvalue weighted by molar-refractivity contribution is 0.993. The molecule has 15 heavy (non-hydrogen) atoms. The van der Waals surface area contributed by atoms with Gasteiger partial charge in [0, 0.05) is 11.5 Å². The molecule has 0 heterocycles. The van der Waals surface area contributed by atoms with Crippen LogP contribution in [0.5, 0.6) is 0 Å². The molecule has 0 saturated carbocycles. The second kappa shape index (κ2) is 6.50. The lowest BCUT2D eigenvalue weighted by Gasteiger charge is -1.95. The van der Waals surface area contributed by atoms with Crippen LogP contribution in [0.3, 0.4) is 0 Å². The normalized spacial score (nSPS) is 8.60. The van der Waals surface area contributed by atoms with Crippen molar-refractivity contribution in [2.75, 3.05) is 6.54 Å². The van der Waals surface area contributed by atoms with Crippen LogP contribution >= 0.6 is 0 Å². The second-order valence-corrected chi connectivity index (χ2v) is 3.08. The monoisotopic (exact) mass is 199 g/mol. The van der Waals surface area contributed by atoms with Crippen molar-refractivity contribution < 1.29 is 0 Å². The van der Waals surface area contributed by atoms with E-state index in [9.17, 15) is 0 Å². The van der Waals surface area contributed by atoms with E-state index in [0.29, 0.717) is 6.54 Å². The average Bonchev–Trinajstić information content (AvgIpc) is 2.30. The molecule has 76 valence electrons. The van der Waals surface area contributed by atoms with E-state index in [1.165, 1.54) is 0 Å². The van der Waals surface area contributed by atoms with Gasteiger partial charge in [-0.15, -0.1) is 5.73 Å². The molecule has 3 nitrogen and oxygen atoms in total. The Morgan fingerprint density at radius 3 is 2.87 bits per heavy atom. The first-order valence-corrected chi connectivity index (χ1v) is 4.82. The van der Waals surface area contributed by atoms with E-state index in [4.69, 9.17) is 5.53 Å². The Kier molecular flexibility index (Phi) is 4.82. The Labute approximate surface area is 89.4 Å². The molecule has 0 aliphatic rings. The lowest BCUT2D eigenvalue weighted by Crippen LogP contribution is -1.76. The first-order chi connectivity index (χ1) is 7.34. The molecule has 3 heteroatoms. The molecule has 0 N–H and O–H groups in total. The zero-order valence-corrected chi connectivity index (χ0v) is 8.72. The number of azide groups is 1. The van der Waals surface area contributed by atoms with Crippen molar-refractivity contribution in [3.63, 3.8) is 0 Å². The van der Waals surface area contributed by atoms with Crippen molar-refractivity contribution in [3.05, 3.63) is 58.1 Å². The highest BCUT2D eigenvalue weighted by Crippen LogP contribution is 2.10. The number of hydrogen-bond acceptors (Lipinski definition) is 1. The molecule has 0 radical (unpaired) electrons. The Morgan fingerprint density at radius 1 is 1.47 bits per heavy atom. The van der Waals surface area contributed by atoms with E-state index in [1.807, 2.05) is 43.3 Å². The number of nitrogens with zero attached hydrogens (tertiary/aromatic N) is 3. The van der Waals surface area contributed by atoms with Crippen LogP contribution in [0.2, 0.25) is 0 Å². The summed E-state index contributed by atoms with van der Waals surface area (Å²) in [6.45, 7) is 2.50. The maximum Gasteiger partial charge on any atom is 0.0298 e. The highest BCUT2D eigenvalue weighted by Gasteiger charge is 1.89. The van der Waals surface area contributed by atoms with E-state index in [2.05, 4.69) is 15.8 Å². The quantitative estimate of drug-likeness (QED) is 0.232. The maximum atomic E-state index is 8.07. The third kappa shape index (κ3) is 4.19. The van der Waals surface area contributed by atoms with Crippen LogP contribution in [-0.4, -0.2) is 6.54 Å². The zero-order valence-electron chi connectivity index (χ0n) is 8.72. The van der Waals surface area contributed by atoms with E-state index in [1.54, 1.807) is 0 Å². The summed E-state index contributed by atoms with van der Waals surface area (Å²) in [7, 11) is 0. The fraction of sp³-hybridized carbons (Fsp3) is 0.250. The molecule has 0 aliphatic carbocycles. The summed E-state index contributed by atoms with van der Waals surface area (Å²) in [5.41, 5.74) is 13.5. The van der Waals surface area contributed by atoms with Gasteiger partial charge in [0.2, 0.25) is 0 Å². The molecule has 1 rings (SSSR count). The molecule has 0 aliphatic heterocycles. The Bertz CT molecular complexity index is 408. The summed E-state index contributed by atoms with van der Waals surface area (Å²) in [6, 6.07) is 10.1. The summed E-state index contributed by atoms with van der Waals surface area (Å²) in [5, 5.41) is 3.44. The molecular weight excluding hydrogens is 186 g/mol. The van der Waals surface area contributed by atoms with Crippen molar-refractivity contribution in [2.24, 2.45) is 5.11 Å². The third-order valence-electron chi connectivity index (χ3n) is 1.96. The van der Waals surface area contributed by atoms with E-state index >= 15 is 0 Å². The number of hydrogen-bond donors (Lipinski definition) is 0. The fourth-order valence-corrected chi connectivity index (χ4v) is 1.16. The van der Waals surface area contributed by atoms with Gasteiger partial charge in [0.05, 0.1) is 0 Å². The fourth-order valence-electron chi connectivity index (χ4n) is 1.16. The van der Waals surface area contributed by atoms with Gasteiger partial charge in [-0.2, -0.15) is 0 Å².